The molecule has 0 spiro atoms. The van der Waals surface area contributed by atoms with Gasteiger partial charge < -0.3 is 20.2 Å². The zero-order chi connectivity index (χ0) is 31.1. The Morgan fingerprint density at radius 2 is 1.86 bits per heavy atom. The highest BCUT2D eigenvalue weighted by molar-refractivity contribution is 7.92. The zero-order valence-electron chi connectivity index (χ0n) is 24.1. The van der Waals surface area contributed by atoms with Crippen molar-refractivity contribution >= 4 is 44.6 Å². The number of carbonyl (C=O) groups is 1. The lowest BCUT2D eigenvalue weighted by atomic mass is 9.96. The molecule has 1 amide bonds. The first kappa shape index (κ1) is 29.5. The van der Waals surface area contributed by atoms with E-state index in [1.54, 1.807) is 43.6 Å². The fraction of sp³-hybridized carbons (Fsp3) is 0.194. The second-order valence-corrected chi connectivity index (χ2v) is 12.0. The summed E-state index contributed by atoms with van der Waals surface area (Å²) < 4.78 is 46.4. The van der Waals surface area contributed by atoms with Crippen molar-refractivity contribution in [3.8, 4) is 28.2 Å². The lowest BCUT2D eigenvalue weighted by Gasteiger charge is -2.21. The molecule has 3 aromatic carbocycles. The molecule has 1 unspecified atom stereocenters. The predicted octanol–water partition coefficient (Wildman–Crippen LogP) is 5.04. The van der Waals surface area contributed by atoms with Gasteiger partial charge in [-0.15, -0.1) is 0 Å². The first-order chi connectivity index (χ1) is 20.4. The summed E-state index contributed by atoms with van der Waals surface area (Å²) in [6.07, 6.45) is 4.37. The monoisotopic (exact) mass is 603 g/mol. The number of hydrogen-bond acceptors (Lipinski definition) is 8. The fourth-order valence-electron chi connectivity index (χ4n) is 4.86. The number of rotatable bonds is 7. The van der Waals surface area contributed by atoms with E-state index in [2.05, 4.69) is 20.6 Å². The van der Waals surface area contributed by atoms with Crippen molar-refractivity contribution in [2.24, 2.45) is 9.98 Å². The highest BCUT2D eigenvalue weighted by Gasteiger charge is 2.28. The molecule has 4 aromatic rings. The molecule has 222 valence electrons. The minimum Gasteiger partial charge on any atom is -0.507 e. The number of fused-ring (bicyclic) bond motifs is 1. The number of phenols is 1. The average Bonchev–Trinajstić information content (AvgIpc) is 3.54. The number of amidine groups is 1. The van der Waals surface area contributed by atoms with Crippen LogP contribution in [0, 0.1) is 5.82 Å². The van der Waals surface area contributed by atoms with Gasteiger partial charge in [0.05, 0.1) is 34.8 Å². The fourth-order valence-corrected chi connectivity index (χ4v) is 5.37. The third-order valence-corrected chi connectivity index (χ3v) is 8.37. The van der Waals surface area contributed by atoms with Crippen LogP contribution in [-0.2, 0) is 10.0 Å². The number of sulfonamides is 1. The molecule has 1 aliphatic rings. The highest BCUT2D eigenvalue weighted by atomic mass is 32.2. The molecule has 0 bridgehead atoms. The van der Waals surface area contributed by atoms with Gasteiger partial charge in [0.15, 0.2) is 0 Å². The summed E-state index contributed by atoms with van der Waals surface area (Å²) in [7, 11) is -0.903. The number of aromatic hydroxyl groups is 1. The normalized spacial score (nSPS) is 16.1. The maximum atomic E-state index is 13.7. The largest absolute Gasteiger partial charge is 0.507 e. The Morgan fingerprint density at radius 1 is 1.16 bits per heavy atom. The molecule has 0 saturated heterocycles. The molecule has 3 N–H and O–H groups in total. The number of amides is 1. The van der Waals surface area contributed by atoms with Gasteiger partial charge in [0, 0.05) is 54.7 Å². The van der Waals surface area contributed by atoms with Crippen LogP contribution in [0.5, 0.6) is 5.75 Å². The van der Waals surface area contributed by atoms with Gasteiger partial charge in [-0.2, -0.15) is 0 Å². The lowest BCUT2D eigenvalue weighted by Crippen LogP contribution is -2.25. The quantitative estimate of drug-likeness (QED) is 0.253. The van der Waals surface area contributed by atoms with E-state index in [1.807, 2.05) is 6.92 Å². The van der Waals surface area contributed by atoms with Crippen molar-refractivity contribution in [1.29, 1.82) is 0 Å². The smallest absolute Gasteiger partial charge is 0.255 e. The van der Waals surface area contributed by atoms with Crippen molar-refractivity contribution in [2.75, 3.05) is 24.7 Å². The average molecular weight is 604 g/mol. The maximum absolute atomic E-state index is 13.7. The summed E-state index contributed by atoms with van der Waals surface area (Å²) in [4.78, 5) is 21.9. The second-order valence-electron chi connectivity index (χ2n) is 9.96. The van der Waals surface area contributed by atoms with Crippen molar-refractivity contribution in [2.45, 2.75) is 19.9 Å². The third kappa shape index (κ3) is 5.48. The van der Waals surface area contributed by atoms with Gasteiger partial charge in [0.1, 0.15) is 28.7 Å². The molecular weight excluding hydrogens is 573 g/mol. The highest BCUT2D eigenvalue weighted by Crippen LogP contribution is 2.44. The molecule has 0 aliphatic carbocycles. The molecule has 1 aliphatic heterocycles. The Hall–Kier alpha value is -4.97. The third-order valence-electron chi connectivity index (χ3n) is 7.18. The number of nitrogens with zero attached hydrogens (tertiary/aromatic N) is 3. The number of para-hydroxylation sites is 1. The summed E-state index contributed by atoms with van der Waals surface area (Å²) in [6, 6.07) is 13.4. The minimum absolute atomic E-state index is 0.146. The van der Waals surface area contributed by atoms with E-state index in [0.29, 0.717) is 33.5 Å². The van der Waals surface area contributed by atoms with Crippen LogP contribution < -0.4 is 14.9 Å². The van der Waals surface area contributed by atoms with E-state index >= 15 is 0 Å². The molecule has 0 radical (unpaired) electrons. The number of phenolic OH excluding ortho intramolecular Hbond substituents is 1. The van der Waals surface area contributed by atoms with Crippen molar-refractivity contribution < 1.29 is 27.1 Å². The standard InChI is InChI=1S/C31H30FN5O5S/c1-6-34-16-24-17(2)35-30(36-24)21-9-7-8-20(28(21)38)22-14-23-26(15-25(22)37(4)43(5,40)41)42-29(27(23)31(39)33-3)18-10-12-19(32)13-11-18/h6-17,38H,1-5H3,(H,33,39)(H,35,36)/b24-16+,34-6?. The molecule has 2 heterocycles. The molecule has 0 saturated carbocycles. The minimum atomic E-state index is -3.77. The van der Waals surface area contributed by atoms with E-state index in [1.165, 1.54) is 44.4 Å². The van der Waals surface area contributed by atoms with Crippen LogP contribution in [-0.4, -0.2) is 57.9 Å². The summed E-state index contributed by atoms with van der Waals surface area (Å²) in [5.74, 6) is -0.444. The number of aliphatic imine (C=N–C) groups is 2. The maximum Gasteiger partial charge on any atom is 0.255 e. The van der Waals surface area contributed by atoms with E-state index in [9.17, 15) is 22.7 Å². The lowest BCUT2D eigenvalue weighted by molar-refractivity contribution is 0.0964. The Kier molecular flexibility index (Phi) is 7.80. The van der Waals surface area contributed by atoms with E-state index in [0.717, 1.165) is 16.3 Å². The van der Waals surface area contributed by atoms with Crippen LogP contribution >= 0.6 is 0 Å². The van der Waals surface area contributed by atoms with Crippen LogP contribution in [0.2, 0.25) is 0 Å². The molecule has 1 aromatic heterocycles. The summed E-state index contributed by atoms with van der Waals surface area (Å²) in [5.41, 5.74) is 2.84. The van der Waals surface area contributed by atoms with Crippen molar-refractivity contribution in [3.05, 3.63) is 83.4 Å². The first-order valence-corrected chi connectivity index (χ1v) is 15.2. The van der Waals surface area contributed by atoms with Crippen LogP contribution in [0.25, 0.3) is 33.4 Å². The SMILES string of the molecule is CC=N/C=C1/NC(c2cccc(-c3cc4c(C(=O)NC)c(-c5ccc(F)cc5)oc4cc3N(C)S(C)(=O)=O)c2O)=NC1C. The molecule has 10 nitrogen and oxygen atoms in total. The number of furan rings is 1. The summed E-state index contributed by atoms with van der Waals surface area (Å²) in [5, 5.41) is 17.8. The topological polar surface area (TPSA) is 137 Å². The van der Waals surface area contributed by atoms with Gasteiger partial charge >= 0.3 is 0 Å². The number of benzene rings is 3. The molecule has 5 rings (SSSR count). The summed E-state index contributed by atoms with van der Waals surface area (Å²) >= 11 is 0. The Balaban J connectivity index is 1.77. The number of anilines is 1. The Labute approximate surface area is 248 Å². The van der Waals surface area contributed by atoms with Gasteiger partial charge in [0.2, 0.25) is 10.0 Å². The van der Waals surface area contributed by atoms with Crippen LogP contribution in [0.4, 0.5) is 10.1 Å². The zero-order valence-corrected chi connectivity index (χ0v) is 25.0. The molecular formula is C31H30FN5O5S. The summed E-state index contributed by atoms with van der Waals surface area (Å²) in [6.45, 7) is 3.69. The van der Waals surface area contributed by atoms with E-state index < -0.39 is 21.7 Å². The van der Waals surface area contributed by atoms with E-state index in [4.69, 9.17) is 4.42 Å². The van der Waals surface area contributed by atoms with Crippen molar-refractivity contribution in [3.63, 3.8) is 0 Å². The first-order valence-electron chi connectivity index (χ1n) is 13.3. The van der Waals surface area contributed by atoms with Crippen LogP contribution in [0.3, 0.4) is 0 Å². The molecule has 43 heavy (non-hydrogen) atoms. The molecule has 12 heteroatoms. The van der Waals surface area contributed by atoms with Gasteiger partial charge in [-0.3, -0.25) is 19.1 Å². The molecule has 1 atom stereocenters. The molecule has 0 fully saturated rings. The predicted molar refractivity (Wildman–Crippen MR) is 167 cm³/mol. The Bertz CT molecular complexity index is 1950. The van der Waals surface area contributed by atoms with E-state index in [-0.39, 0.29) is 34.4 Å². The van der Waals surface area contributed by atoms with Crippen LogP contribution in [0.1, 0.15) is 29.8 Å². The Morgan fingerprint density at radius 3 is 2.51 bits per heavy atom. The number of carbonyl (C=O) groups excluding carboxylic acids is 1. The second kappa shape index (κ2) is 11.4. The number of hydrogen-bond donors (Lipinski definition) is 3. The van der Waals surface area contributed by atoms with Gasteiger partial charge in [-0.05, 0) is 50.2 Å². The van der Waals surface area contributed by atoms with Crippen molar-refractivity contribution in [1.82, 2.24) is 10.6 Å². The van der Waals surface area contributed by atoms with Crippen LogP contribution in [0.15, 0.2) is 80.9 Å². The van der Waals surface area contributed by atoms with Gasteiger partial charge in [-0.1, -0.05) is 12.1 Å². The number of halogens is 1. The van der Waals surface area contributed by atoms with Gasteiger partial charge in [0.25, 0.3) is 5.91 Å². The number of nitrogens with one attached hydrogen (secondary N) is 2. The van der Waals surface area contributed by atoms with Gasteiger partial charge in [-0.25, -0.2) is 12.8 Å².